The van der Waals surface area contributed by atoms with E-state index < -0.39 is 5.82 Å². The van der Waals surface area contributed by atoms with Crippen LogP contribution in [0.15, 0.2) is 18.2 Å². The van der Waals surface area contributed by atoms with Gasteiger partial charge in [0, 0.05) is 6.04 Å². The van der Waals surface area contributed by atoms with Gasteiger partial charge in [-0.25, -0.2) is 4.39 Å². The molecule has 0 spiro atoms. The molecule has 0 fully saturated rings. The Bertz CT molecular complexity index is 275. The van der Waals surface area contributed by atoms with Crippen molar-refractivity contribution < 1.29 is 9.50 Å². The summed E-state index contributed by atoms with van der Waals surface area (Å²) < 4.78 is 12.6. The molecule has 0 saturated heterocycles. The van der Waals surface area contributed by atoms with Crippen LogP contribution in [0.1, 0.15) is 24.9 Å². The minimum atomic E-state index is -0.609. The van der Waals surface area contributed by atoms with E-state index in [1.54, 1.807) is 6.07 Å². The molecule has 0 aliphatic rings. The molecule has 0 aliphatic heterocycles. The quantitative estimate of drug-likeness (QED) is 0.710. The maximum absolute atomic E-state index is 12.6. The summed E-state index contributed by atoms with van der Waals surface area (Å²) >= 11 is 0. The van der Waals surface area contributed by atoms with Gasteiger partial charge >= 0.3 is 0 Å². The fourth-order valence-corrected chi connectivity index (χ4v) is 0.996. The van der Waals surface area contributed by atoms with Gasteiger partial charge in [-0.05, 0) is 24.1 Å². The van der Waals surface area contributed by atoms with Crippen molar-refractivity contribution in [3.05, 3.63) is 29.6 Å². The second kappa shape index (κ2) is 3.54. The molecule has 1 aromatic rings. The summed E-state index contributed by atoms with van der Waals surface area (Å²) in [5, 5.41) is 9.01. The van der Waals surface area contributed by atoms with Gasteiger partial charge in [0.1, 0.15) is 0 Å². The van der Waals surface area contributed by atoms with Crippen LogP contribution >= 0.6 is 0 Å². The second-order valence-electron chi connectivity index (χ2n) is 2.73. The standard InChI is InChI=1S/C9H12FNO/c1-2-8(11)6-3-4-7(10)9(12)5-6/h3-5,8,12H,2,11H2,1H3/t8-/m0/s1. The second-order valence-corrected chi connectivity index (χ2v) is 2.73. The zero-order chi connectivity index (χ0) is 9.14. The molecular weight excluding hydrogens is 157 g/mol. The van der Waals surface area contributed by atoms with Gasteiger partial charge in [0.25, 0.3) is 0 Å². The number of phenols is 1. The van der Waals surface area contributed by atoms with Crippen LogP contribution in [0.4, 0.5) is 4.39 Å². The average molecular weight is 169 g/mol. The van der Waals surface area contributed by atoms with Crippen LogP contribution in [0.2, 0.25) is 0 Å². The van der Waals surface area contributed by atoms with E-state index in [0.717, 1.165) is 12.0 Å². The highest BCUT2D eigenvalue weighted by Gasteiger charge is 2.06. The van der Waals surface area contributed by atoms with Crippen molar-refractivity contribution >= 4 is 0 Å². The van der Waals surface area contributed by atoms with Crippen molar-refractivity contribution in [2.24, 2.45) is 5.73 Å². The van der Waals surface area contributed by atoms with Gasteiger partial charge < -0.3 is 10.8 Å². The Kier molecular flexibility index (Phi) is 2.65. The van der Waals surface area contributed by atoms with Gasteiger partial charge in [0.05, 0.1) is 0 Å². The van der Waals surface area contributed by atoms with Crippen molar-refractivity contribution in [3.63, 3.8) is 0 Å². The van der Waals surface area contributed by atoms with Crippen molar-refractivity contribution in [3.8, 4) is 5.75 Å². The summed E-state index contributed by atoms with van der Waals surface area (Å²) in [4.78, 5) is 0. The first-order chi connectivity index (χ1) is 5.65. The summed E-state index contributed by atoms with van der Waals surface area (Å²) in [7, 11) is 0. The number of aromatic hydroxyl groups is 1. The topological polar surface area (TPSA) is 46.2 Å². The largest absolute Gasteiger partial charge is 0.505 e. The first kappa shape index (κ1) is 9.00. The fraction of sp³-hybridized carbons (Fsp3) is 0.333. The summed E-state index contributed by atoms with van der Waals surface area (Å²) in [6.07, 6.45) is 0.769. The summed E-state index contributed by atoms with van der Waals surface area (Å²) in [6, 6.07) is 4.05. The molecule has 3 N–H and O–H groups in total. The lowest BCUT2D eigenvalue weighted by Crippen LogP contribution is -2.08. The van der Waals surface area contributed by atoms with Crippen molar-refractivity contribution in [2.45, 2.75) is 19.4 Å². The molecule has 12 heavy (non-hydrogen) atoms. The number of nitrogens with two attached hydrogens (primary N) is 1. The van der Waals surface area contributed by atoms with E-state index >= 15 is 0 Å². The fourth-order valence-electron chi connectivity index (χ4n) is 0.996. The van der Waals surface area contributed by atoms with Crippen LogP contribution in [0.5, 0.6) is 5.75 Å². The SMILES string of the molecule is CC[C@H](N)c1ccc(F)c(O)c1. The molecule has 0 aliphatic carbocycles. The molecule has 0 heterocycles. The van der Waals surface area contributed by atoms with Crippen LogP contribution in [-0.2, 0) is 0 Å². The number of benzene rings is 1. The summed E-state index contributed by atoms with van der Waals surface area (Å²) in [5.74, 6) is -0.946. The molecule has 3 heteroatoms. The molecule has 2 nitrogen and oxygen atoms in total. The third-order valence-corrected chi connectivity index (χ3v) is 1.84. The van der Waals surface area contributed by atoms with Crippen LogP contribution in [0, 0.1) is 5.82 Å². The predicted molar refractivity (Wildman–Crippen MR) is 45.3 cm³/mol. The van der Waals surface area contributed by atoms with E-state index in [1.807, 2.05) is 6.92 Å². The lowest BCUT2D eigenvalue weighted by Gasteiger charge is -2.08. The van der Waals surface area contributed by atoms with Gasteiger partial charge in [0.15, 0.2) is 11.6 Å². The molecule has 1 aromatic carbocycles. The smallest absolute Gasteiger partial charge is 0.164 e. The molecular formula is C9H12FNO. The number of halogens is 1. The van der Waals surface area contributed by atoms with Gasteiger partial charge in [-0.15, -0.1) is 0 Å². The maximum Gasteiger partial charge on any atom is 0.164 e. The Morgan fingerprint density at radius 3 is 2.75 bits per heavy atom. The molecule has 0 aromatic heterocycles. The molecule has 66 valence electrons. The molecule has 0 amide bonds. The minimum absolute atomic E-state index is 0.128. The Morgan fingerprint density at radius 1 is 1.58 bits per heavy atom. The number of hydrogen-bond donors (Lipinski definition) is 2. The third-order valence-electron chi connectivity index (χ3n) is 1.84. The molecule has 0 bridgehead atoms. The van der Waals surface area contributed by atoms with E-state index in [4.69, 9.17) is 10.8 Å². The summed E-state index contributed by atoms with van der Waals surface area (Å²) in [6.45, 7) is 1.94. The van der Waals surface area contributed by atoms with E-state index in [9.17, 15) is 4.39 Å². The minimum Gasteiger partial charge on any atom is -0.505 e. The Morgan fingerprint density at radius 2 is 2.25 bits per heavy atom. The molecule has 0 unspecified atom stereocenters. The Balaban J connectivity index is 2.96. The van der Waals surface area contributed by atoms with Gasteiger partial charge in [-0.2, -0.15) is 0 Å². The van der Waals surface area contributed by atoms with Gasteiger partial charge in [-0.1, -0.05) is 13.0 Å². The highest BCUT2D eigenvalue weighted by molar-refractivity contribution is 5.30. The third kappa shape index (κ3) is 1.74. The summed E-state index contributed by atoms with van der Waals surface area (Å²) in [5.41, 5.74) is 6.44. The van der Waals surface area contributed by atoms with E-state index in [1.165, 1.54) is 12.1 Å². The molecule has 1 rings (SSSR count). The van der Waals surface area contributed by atoms with Crippen molar-refractivity contribution in [1.82, 2.24) is 0 Å². The molecule has 1 atom stereocenters. The number of rotatable bonds is 2. The Labute approximate surface area is 70.8 Å². The van der Waals surface area contributed by atoms with E-state index in [-0.39, 0.29) is 11.8 Å². The lowest BCUT2D eigenvalue weighted by molar-refractivity contribution is 0.430. The average Bonchev–Trinajstić information content (AvgIpc) is 2.08. The first-order valence-corrected chi connectivity index (χ1v) is 3.89. The Hall–Kier alpha value is -1.09. The van der Waals surface area contributed by atoms with E-state index in [0.29, 0.717) is 0 Å². The normalized spacial score (nSPS) is 12.9. The van der Waals surface area contributed by atoms with Crippen LogP contribution < -0.4 is 5.73 Å². The van der Waals surface area contributed by atoms with Gasteiger partial charge in [-0.3, -0.25) is 0 Å². The lowest BCUT2D eigenvalue weighted by atomic mass is 10.1. The molecule has 0 radical (unpaired) electrons. The predicted octanol–water partition coefficient (Wildman–Crippen LogP) is 1.94. The highest BCUT2D eigenvalue weighted by Crippen LogP contribution is 2.21. The number of phenolic OH excluding ortho intramolecular Hbond substituents is 1. The van der Waals surface area contributed by atoms with Crippen molar-refractivity contribution in [2.75, 3.05) is 0 Å². The van der Waals surface area contributed by atoms with E-state index in [2.05, 4.69) is 0 Å². The first-order valence-electron chi connectivity index (χ1n) is 3.89. The maximum atomic E-state index is 12.6. The van der Waals surface area contributed by atoms with Crippen LogP contribution in [0.25, 0.3) is 0 Å². The van der Waals surface area contributed by atoms with Gasteiger partial charge in [0.2, 0.25) is 0 Å². The van der Waals surface area contributed by atoms with Crippen LogP contribution in [-0.4, -0.2) is 5.11 Å². The highest BCUT2D eigenvalue weighted by atomic mass is 19.1. The van der Waals surface area contributed by atoms with Crippen LogP contribution in [0.3, 0.4) is 0 Å². The monoisotopic (exact) mass is 169 g/mol. The zero-order valence-corrected chi connectivity index (χ0v) is 6.92. The zero-order valence-electron chi connectivity index (χ0n) is 6.92. The molecule has 0 saturated carbocycles. The number of hydrogen-bond acceptors (Lipinski definition) is 2. The van der Waals surface area contributed by atoms with Crippen molar-refractivity contribution in [1.29, 1.82) is 0 Å².